The molecule has 1 amide bonds. The van der Waals surface area contributed by atoms with Crippen LogP contribution in [-0.4, -0.2) is 32.7 Å². The summed E-state index contributed by atoms with van der Waals surface area (Å²) in [5.74, 6) is -0.648. The van der Waals surface area contributed by atoms with Crippen LogP contribution in [0.1, 0.15) is 23.0 Å². The van der Waals surface area contributed by atoms with Crippen LogP contribution in [0.4, 0.5) is 0 Å². The molecule has 0 saturated heterocycles. The predicted molar refractivity (Wildman–Crippen MR) is 115 cm³/mol. The molecule has 0 saturated carbocycles. The first-order chi connectivity index (χ1) is 14.6. The number of hydrogen-bond donors (Lipinski definition) is 1. The molecule has 7 heteroatoms. The molecule has 7 nitrogen and oxygen atoms in total. The van der Waals surface area contributed by atoms with Crippen molar-refractivity contribution in [1.82, 2.24) is 14.2 Å². The van der Waals surface area contributed by atoms with Gasteiger partial charge in [-0.15, -0.1) is 0 Å². The molecular weight excluding hydrogens is 380 g/mol. The summed E-state index contributed by atoms with van der Waals surface area (Å²) < 4.78 is 8.61. The second kappa shape index (κ2) is 8.24. The number of benzene rings is 2. The molecule has 1 N–H and O–H groups in total. The Morgan fingerprint density at radius 2 is 1.80 bits per heavy atom. The zero-order chi connectivity index (χ0) is 21.1. The van der Waals surface area contributed by atoms with Gasteiger partial charge >= 0.3 is 5.97 Å². The summed E-state index contributed by atoms with van der Waals surface area (Å²) >= 11 is 0. The molecule has 2 aromatic heterocycles. The van der Waals surface area contributed by atoms with Gasteiger partial charge < -0.3 is 9.30 Å². The summed E-state index contributed by atoms with van der Waals surface area (Å²) in [5.41, 5.74) is 7.25. The molecule has 0 aliphatic heterocycles. The number of fused-ring (bicyclic) bond motifs is 1. The Labute approximate surface area is 173 Å². The van der Waals surface area contributed by atoms with Gasteiger partial charge in [0.25, 0.3) is 5.91 Å². The van der Waals surface area contributed by atoms with E-state index in [1.54, 1.807) is 35.5 Å². The molecule has 0 unspecified atom stereocenters. The van der Waals surface area contributed by atoms with Crippen molar-refractivity contribution in [3.8, 4) is 11.3 Å². The van der Waals surface area contributed by atoms with Crippen LogP contribution in [0, 0.1) is 6.92 Å². The van der Waals surface area contributed by atoms with Gasteiger partial charge in [-0.1, -0.05) is 42.5 Å². The number of nitrogens with zero attached hydrogens (tertiary/aromatic N) is 3. The van der Waals surface area contributed by atoms with Gasteiger partial charge in [0.15, 0.2) is 0 Å². The van der Waals surface area contributed by atoms with Crippen molar-refractivity contribution < 1.29 is 14.3 Å². The van der Waals surface area contributed by atoms with Crippen molar-refractivity contribution in [3.05, 3.63) is 78.2 Å². The fraction of sp³-hybridized carbons (Fsp3) is 0.174. The molecule has 0 radical (unpaired) electrons. The number of ether oxygens (including phenoxy) is 1. The smallest absolute Gasteiger partial charge is 0.340 e. The highest BCUT2D eigenvalue weighted by molar-refractivity contribution is 5.94. The topological polar surface area (TPSA) is 78.1 Å². The summed E-state index contributed by atoms with van der Waals surface area (Å²) in [6.45, 7) is 3.93. The number of aromatic nitrogens is 3. The lowest BCUT2D eigenvalue weighted by molar-refractivity contribution is -0.117. The highest BCUT2D eigenvalue weighted by atomic mass is 16.5. The van der Waals surface area contributed by atoms with E-state index in [1.165, 1.54) is 0 Å². The van der Waals surface area contributed by atoms with Crippen molar-refractivity contribution >= 4 is 22.9 Å². The van der Waals surface area contributed by atoms with Gasteiger partial charge in [-0.3, -0.25) is 14.9 Å². The molecule has 2 heterocycles. The predicted octanol–water partition coefficient (Wildman–Crippen LogP) is 3.76. The fourth-order valence-electron chi connectivity index (χ4n) is 3.44. The van der Waals surface area contributed by atoms with Crippen molar-refractivity contribution in [1.29, 1.82) is 0 Å². The zero-order valence-corrected chi connectivity index (χ0v) is 16.8. The van der Waals surface area contributed by atoms with Crippen molar-refractivity contribution in [2.24, 2.45) is 0 Å². The van der Waals surface area contributed by atoms with Crippen LogP contribution in [0.2, 0.25) is 0 Å². The molecule has 0 bridgehead atoms. The fourth-order valence-corrected chi connectivity index (χ4v) is 3.44. The summed E-state index contributed by atoms with van der Waals surface area (Å²) in [6, 6.07) is 19.0. The van der Waals surface area contributed by atoms with Crippen LogP contribution in [0.3, 0.4) is 0 Å². The summed E-state index contributed by atoms with van der Waals surface area (Å²) in [4.78, 5) is 29.6. The van der Waals surface area contributed by atoms with Crippen LogP contribution >= 0.6 is 0 Å². The highest BCUT2D eigenvalue weighted by Gasteiger charge is 2.21. The van der Waals surface area contributed by atoms with Gasteiger partial charge in [-0.05, 0) is 32.0 Å². The molecule has 0 fully saturated rings. The van der Waals surface area contributed by atoms with Crippen molar-refractivity contribution in [2.45, 2.75) is 20.4 Å². The van der Waals surface area contributed by atoms with Gasteiger partial charge in [0, 0.05) is 5.56 Å². The van der Waals surface area contributed by atoms with E-state index < -0.39 is 5.97 Å². The normalized spacial score (nSPS) is 10.9. The van der Waals surface area contributed by atoms with E-state index in [-0.39, 0.29) is 19.1 Å². The van der Waals surface area contributed by atoms with Crippen LogP contribution in [0.15, 0.2) is 67.0 Å². The zero-order valence-electron chi connectivity index (χ0n) is 16.8. The number of carbonyl (C=O) groups is 2. The molecule has 0 spiro atoms. The molecule has 2 aromatic carbocycles. The molecule has 0 aliphatic rings. The van der Waals surface area contributed by atoms with E-state index in [9.17, 15) is 9.59 Å². The number of nitrogens with one attached hydrogen (secondary N) is 1. The number of rotatable bonds is 6. The third-order valence-electron chi connectivity index (χ3n) is 4.89. The Hall–Kier alpha value is -3.87. The maximum absolute atomic E-state index is 12.9. The number of esters is 1. The van der Waals surface area contributed by atoms with Gasteiger partial charge in [-0.2, -0.15) is 0 Å². The second-order valence-electron chi connectivity index (χ2n) is 6.85. The Morgan fingerprint density at radius 3 is 2.57 bits per heavy atom. The Balaban J connectivity index is 1.66. The number of imidazole rings is 1. The number of amides is 1. The standard InChI is InChI=1S/C23H22N4O3/c1-3-30-23(29)18-13-21(17-9-5-4-6-10-17)27(16(18)2)25-22(28)14-26-15-24-19-11-7-8-12-20(19)26/h4-13,15H,3,14H2,1-2H3,(H,25,28). The van der Waals surface area contributed by atoms with Gasteiger partial charge in [0.05, 0.1) is 40.9 Å². The van der Waals surface area contributed by atoms with E-state index in [2.05, 4.69) is 10.4 Å². The van der Waals surface area contributed by atoms with Crippen LogP contribution in [0.5, 0.6) is 0 Å². The van der Waals surface area contributed by atoms with Gasteiger partial charge in [-0.25, -0.2) is 9.78 Å². The van der Waals surface area contributed by atoms with Crippen LogP contribution < -0.4 is 5.43 Å². The first-order valence-electron chi connectivity index (χ1n) is 9.73. The number of hydrogen-bond acceptors (Lipinski definition) is 4. The molecule has 30 heavy (non-hydrogen) atoms. The first kappa shape index (κ1) is 19.4. The summed E-state index contributed by atoms with van der Waals surface area (Å²) in [7, 11) is 0. The third-order valence-corrected chi connectivity index (χ3v) is 4.89. The third kappa shape index (κ3) is 3.69. The van der Waals surface area contributed by atoms with Crippen LogP contribution in [-0.2, 0) is 16.1 Å². The molecule has 4 aromatic rings. The lowest BCUT2D eigenvalue weighted by atomic mass is 10.1. The Morgan fingerprint density at radius 1 is 1.07 bits per heavy atom. The minimum absolute atomic E-state index is 0.0983. The van der Waals surface area contributed by atoms with Gasteiger partial charge in [0.2, 0.25) is 0 Å². The largest absolute Gasteiger partial charge is 0.462 e. The molecule has 0 atom stereocenters. The quantitative estimate of drug-likeness (QED) is 0.498. The second-order valence-corrected chi connectivity index (χ2v) is 6.85. The monoisotopic (exact) mass is 402 g/mol. The minimum atomic E-state index is -0.416. The lowest BCUT2D eigenvalue weighted by Gasteiger charge is -2.14. The summed E-state index contributed by atoms with van der Waals surface area (Å²) in [5, 5.41) is 0. The van der Waals surface area contributed by atoms with E-state index in [1.807, 2.05) is 54.6 Å². The highest BCUT2D eigenvalue weighted by Crippen LogP contribution is 2.25. The molecule has 4 rings (SSSR count). The average Bonchev–Trinajstić information content (AvgIpc) is 3.30. The first-order valence-corrected chi connectivity index (χ1v) is 9.73. The van der Waals surface area contributed by atoms with E-state index >= 15 is 0 Å². The molecule has 0 aliphatic carbocycles. The average molecular weight is 402 g/mol. The van der Waals surface area contributed by atoms with E-state index in [4.69, 9.17) is 4.74 Å². The number of carbonyl (C=O) groups excluding carboxylic acids is 2. The van der Waals surface area contributed by atoms with E-state index in [0.29, 0.717) is 17.0 Å². The Kier molecular flexibility index (Phi) is 5.34. The van der Waals surface area contributed by atoms with E-state index in [0.717, 1.165) is 16.6 Å². The van der Waals surface area contributed by atoms with Crippen molar-refractivity contribution in [3.63, 3.8) is 0 Å². The van der Waals surface area contributed by atoms with Crippen LogP contribution in [0.25, 0.3) is 22.3 Å². The number of para-hydroxylation sites is 2. The SMILES string of the molecule is CCOC(=O)c1cc(-c2ccccc2)n(NC(=O)Cn2cnc3ccccc32)c1C. The van der Waals surface area contributed by atoms with Crippen molar-refractivity contribution in [2.75, 3.05) is 12.0 Å². The lowest BCUT2D eigenvalue weighted by Crippen LogP contribution is -2.28. The van der Waals surface area contributed by atoms with Gasteiger partial charge in [0.1, 0.15) is 6.54 Å². The summed E-state index contributed by atoms with van der Waals surface area (Å²) in [6.07, 6.45) is 1.65. The molecular formula is C23H22N4O3. The molecule has 152 valence electrons. The maximum Gasteiger partial charge on any atom is 0.340 e. The minimum Gasteiger partial charge on any atom is -0.462 e. The maximum atomic E-state index is 12.9. The Bertz CT molecular complexity index is 1210.